The van der Waals surface area contributed by atoms with Gasteiger partial charge >= 0.3 is 0 Å². The van der Waals surface area contributed by atoms with Crippen LogP contribution in [0.2, 0.25) is 0 Å². The van der Waals surface area contributed by atoms with E-state index >= 15 is 0 Å². The van der Waals surface area contributed by atoms with Gasteiger partial charge in [-0.05, 0) is 173 Å². The first kappa shape index (κ1) is 59.5. The number of hydrogen-bond acceptors (Lipinski definition) is 0. The zero-order chi connectivity index (χ0) is 60.0. The summed E-state index contributed by atoms with van der Waals surface area (Å²) in [5.41, 5.74) is 26.3. The molecule has 0 saturated heterocycles. The third-order valence-electron chi connectivity index (χ3n) is 18.7. The van der Waals surface area contributed by atoms with E-state index in [1.165, 1.54) is 210 Å². The average molecular weight is 1140 g/mol. The summed E-state index contributed by atoms with van der Waals surface area (Å²) in [4.78, 5) is 0. The summed E-state index contributed by atoms with van der Waals surface area (Å²) in [6, 6.07) is 102. The lowest BCUT2D eigenvalue weighted by Crippen LogP contribution is -2.04. The van der Waals surface area contributed by atoms with Gasteiger partial charge in [0.15, 0.2) is 0 Å². The van der Waals surface area contributed by atoms with Crippen LogP contribution in [0.25, 0.3) is 77.2 Å². The lowest BCUT2D eigenvalue weighted by atomic mass is 9.80. The molecule has 88 heavy (non-hydrogen) atoms. The SMILES string of the molecule is CCCCCCCCc1cc(-c2ccc(C(c3ccc(C)cc3)c3ccc(-c4ccccc4)cc3)cc2)c2ccccc2c1-c1c(CCCCCCCC)cc(-c2ccc(C(c3ccc(C)cc3)c3ccc(-c4ccccc4)cc3)cc2)c2ccccc12. The molecule has 0 heteroatoms. The van der Waals surface area contributed by atoms with Crippen LogP contribution in [0.3, 0.4) is 0 Å². The molecule has 2 unspecified atom stereocenters. The molecule has 438 valence electrons. The van der Waals surface area contributed by atoms with Crippen LogP contribution in [0.1, 0.15) is 158 Å². The van der Waals surface area contributed by atoms with Crippen LogP contribution >= 0.6 is 0 Å². The van der Waals surface area contributed by atoms with Crippen molar-refractivity contribution in [2.45, 2.75) is 129 Å². The van der Waals surface area contributed by atoms with E-state index in [4.69, 9.17) is 0 Å². The van der Waals surface area contributed by atoms with E-state index in [0.717, 1.165) is 12.8 Å². The van der Waals surface area contributed by atoms with E-state index in [2.05, 4.69) is 295 Å². The van der Waals surface area contributed by atoms with Crippen molar-refractivity contribution in [2.75, 3.05) is 0 Å². The highest BCUT2D eigenvalue weighted by molar-refractivity contribution is 6.14. The van der Waals surface area contributed by atoms with Gasteiger partial charge in [0.2, 0.25) is 0 Å². The van der Waals surface area contributed by atoms with Crippen LogP contribution in [0, 0.1) is 13.8 Å². The van der Waals surface area contributed by atoms with Crippen LogP contribution in [0.5, 0.6) is 0 Å². The number of unbranched alkanes of at least 4 members (excludes halogenated alkanes) is 10. The summed E-state index contributed by atoms with van der Waals surface area (Å²) in [5.74, 6) is 0.195. The van der Waals surface area contributed by atoms with E-state index in [9.17, 15) is 0 Å². The third kappa shape index (κ3) is 13.6. The van der Waals surface area contributed by atoms with Gasteiger partial charge in [0.1, 0.15) is 0 Å². The van der Waals surface area contributed by atoms with E-state index in [1.54, 1.807) is 0 Å². The molecule has 0 radical (unpaired) electrons. The molecule has 0 heterocycles. The smallest absolute Gasteiger partial charge is 0.0340 e. The van der Waals surface area contributed by atoms with Gasteiger partial charge in [0.05, 0.1) is 0 Å². The van der Waals surface area contributed by atoms with E-state index in [1.807, 2.05) is 0 Å². The fraction of sp³-hybridized carbons (Fsp3) is 0.227. The maximum Gasteiger partial charge on any atom is 0.0340 e. The Balaban J connectivity index is 0.965. The molecule has 0 aliphatic rings. The zero-order valence-corrected chi connectivity index (χ0v) is 52.5. The molecule has 0 amide bonds. The number of hydrogen-bond donors (Lipinski definition) is 0. The standard InChI is InChI=1S/C88H86/c1-5-7-9-11-13-17-31-77-61-83(69-49-57-75(58-50-69)85(71-41-37-63(3)38-42-71)73-53-45-67(46-54-73)65-27-19-15-20-28-65)79-33-23-25-35-81(79)87(77)88-78(32-18-14-12-10-8-6-2)62-84(80-34-24-26-36-82(80)88)70-51-59-76(60-52-70)86(72-43-39-64(4)40-44-72)74-55-47-68(48-56-74)66-29-21-16-22-30-66/h15-16,19-30,33-62,85-86H,5-14,17-18,31-32H2,1-4H3. The number of aryl methyl sites for hydroxylation is 4. The molecule has 2 atom stereocenters. The molecule has 12 aromatic rings. The van der Waals surface area contributed by atoms with Gasteiger partial charge in [-0.1, -0.05) is 344 Å². The van der Waals surface area contributed by atoms with Crippen molar-refractivity contribution in [1.29, 1.82) is 0 Å². The molecule has 0 spiro atoms. The van der Waals surface area contributed by atoms with Gasteiger partial charge in [-0.3, -0.25) is 0 Å². The summed E-state index contributed by atoms with van der Waals surface area (Å²) in [7, 11) is 0. The minimum Gasteiger partial charge on any atom is -0.0654 e. The fourth-order valence-electron chi connectivity index (χ4n) is 13.9. The Morgan fingerprint density at radius 1 is 0.239 bits per heavy atom. The first-order valence-corrected chi connectivity index (χ1v) is 33.2. The second kappa shape index (κ2) is 28.8. The van der Waals surface area contributed by atoms with Gasteiger partial charge < -0.3 is 0 Å². The molecule has 0 fully saturated rings. The normalized spacial score (nSPS) is 12.2. The molecular weight excluding hydrogens is 1060 g/mol. The van der Waals surface area contributed by atoms with Crippen LogP contribution < -0.4 is 0 Å². The predicted octanol–water partition coefficient (Wildman–Crippen LogP) is 25.1. The molecule has 0 N–H and O–H groups in total. The maximum absolute atomic E-state index is 2.62. The topological polar surface area (TPSA) is 0 Å². The van der Waals surface area contributed by atoms with Gasteiger partial charge in [-0.15, -0.1) is 0 Å². The summed E-state index contributed by atoms with van der Waals surface area (Å²) < 4.78 is 0. The Labute approximate surface area is 526 Å². The van der Waals surface area contributed by atoms with Gasteiger partial charge in [-0.25, -0.2) is 0 Å². The molecule has 0 saturated carbocycles. The van der Waals surface area contributed by atoms with Gasteiger partial charge in [0, 0.05) is 11.8 Å². The summed E-state index contributed by atoms with van der Waals surface area (Å²) >= 11 is 0. The Hall–Kier alpha value is -8.84. The molecule has 12 aromatic carbocycles. The van der Waals surface area contributed by atoms with E-state index in [0.29, 0.717) is 0 Å². The van der Waals surface area contributed by atoms with Crippen molar-refractivity contribution in [3.8, 4) is 55.6 Å². The molecule has 0 nitrogen and oxygen atoms in total. The molecular formula is C88H86. The third-order valence-corrected chi connectivity index (χ3v) is 18.7. The molecule has 0 bridgehead atoms. The first-order chi connectivity index (χ1) is 43.4. The van der Waals surface area contributed by atoms with Crippen molar-refractivity contribution in [3.63, 3.8) is 0 Å². The first-order valence-electron chi connectivity index (χ1n) is 33.2. The van der Waals surface area contributed by atoms with Crippen LogP contribution in [0.15, 0.2) is 267 Å². The van der Waals surface area contributed by atoms with E-state index < -0.39 is 0 Å². The second-order valence-corrected chi connectivity index (χ2v) is 25.0. The van der Waals surface area contributed by atoms with Crippen LogP contribution in [-0.4, -0.2) is 0 Å². The monoisotopic (exact) mass is 1140 g/mol. The number of rotatable bonds is 25. The van der Waals surface area contributed by atoms with Crippen molar-refractivity contribution in [3.05, 3.63) is 323 Å². The summed E-state index contributed by atoms with van der Waals surface area (Å²) in [6.45, 7) is 9.01. The largest absolute Gasteiger partial charge is 0.0654 e. The van der Waals surface area contributed by atoms with Crippen LogP contribution in [0.4, 0.5) is 0 Å². The Bertz CT molecular complexity index is 3890. The second-order valence-electron chi connectivity index (χ2n) is 25.0. The number of benzene rings is 12. The lowest BCUT2D eigenvalue weighted by molar-refractivity contribution is 0.607. The minimum absolute atomic E-state index is 0.0974. The Morgan fingerprint density at radius 2 is 0.500 bits per heavy atom. The van der Waals surface area contributed by atoms with Gasteiger partial charge in [-0.2, -0.15) is 0 Å². The highest BCUT2D eigenvalue weighted by Gasteiger charge is 2.24. The van der Waals surface area contributed by atoms with Gasteiger partial charge in [0.25, 0.3) is 0 Å². The van der Waals surface area contributed by atoms with Crippen molar-refractivity contribution in [1.82, 2.24) is 0 Å². The molecule has 12 rings (SSSR count). The highest BCUT2D eigenvalue weighted by Crippen LogP contribution is 2.47. The predicted molar refractivity (Wildman–Crippen MR) is 380 cm³/mol. The van der Waals surface area contributed by atoms with Crippen molar-refractivity contribution < 1.29 is 0 Å². The minimum atomic E-state index is 0.0974. The van der Waals surface area contributed by atoms with E-state index in [-0.39, 0.29) is 11.8 Å². The Morgan fingerprint density at radius 3 is 0.830 bits per heavy atom. The zero-order valence-electron chi connectivity index (χ0n) is 52.5. The molecule has 0 aliphatic carbocycles. The maximum atomic E-state index is 2.62. The highest BCUT2D eigenvalue weighted by atomic mass is 14.3. The Kier molecular flexibility index (Phi) is 19.5. The quantitative estimate of drug-likeness (QED) is 0.0395. The molecule has 0 aliphatic heterocycles. The van der Waals surface area contributed by atoms with Crippen molar-refractivity contribution in [2.24, 2.45) is 0 Å². The molecule has 0 aromatic heterocycles. The van der Waals surface area contributed by atoms with Crippen molar-refractivity contribution >= 4 is 21.5 Å². The number of fused-ring (bicyclic) bond motifs is 2. The summed E-state index contributed by atoms with van der Waals surface area (Å²) in [6.07, 6.45) is 17.2. The lowest BCUT2D eigenvalue weighted by Gasteiger charge is -2.24. The summed E-state index contributed by atoms with van der Waals surface area (Å²) in [5, 5.41) is 5.34. The van der Waals surface area contributed by atoms with Crippen LogP contribution in [-0.2, 0) is 12.8 Å². The average Bonchev–Trinajstić information content (AvgIpc) is 2.93. The fourth-order valence-corrected chi connectivity index (χ4v) is 13.9.